The fourth-order valence-corrected chi connectivity index (χ4v) is 3.04. The molecule has 1 fully saturated rings. The highest BCUT2D eigenvalue weighted by Gasteiger charge is 2.12. The maximum Gasteiger partial charge on any atom is 0.224 e. The molecule has 4 heteroatoms. The molecule has 3 rings (SSSR count). The van der Waals surface area contributed by atoms with E-state index in [2.05, 4.69) is 51.8 Å². The molecule has 1 heterocycles. The second-order valence-corrected chi connectivity index (χ2v) is 6.44. The standard InChI is InChI=1S/C19H26N4/c1-15-8-10-16(11-9-15)14-21-19-20-13-12-18(23-19)22-17-6-4-2-3-5-7-17/h8-13,17H,2-7,14H2,1H3,(H2,20,21,22,23). The van der Waals surface area contributed by atoms with Crippen LogP contribution < -0.4 is 10.6 Å². The van der Waals surface area contributed by atoms with Crippen molar-refractivity contribution in [1.29, 1.82) is 0 Å². The summed E-state index contributed by atoms with van der Waals surface area (Å²) < 4.78 is 0. The Morgan fingerprint density at radius 2 is 1.74 bits per heavy atom. The van der Waals surface area contributed by atoms with Crippen LogP contribution in [0.25, 0.3) is 0 Å². The minimum absolute atomic E-state index is 0.553. The molecule has 1 aromatic carbocycles. The molecule has 1 aliphatic rings. The molecule has 1 saturated carbocycles. The van der Waals surface area contributed by atoms with Gasteiger partial charge < -0.3 is 10.6 Å². The van der Waals surface area contributed by atoms with Crippen molar-refractivity contribution in [1.82, 2.24) is 9.97 Å². The first-order valence-electron chi connectivity index (χ1n) is 8.68. The van der Waals surface area contributed by atoms with Crippen LogP contribution in [-0.2, 0) is 6.54 Å². The van der Waals surface area contributed by atoms with Crippen molar-refractivity contribution in [3.8, 4) is 0 Å². The van der Waals surface area contributed by atoms with Gasteiger partial charge in [0.1, 0.15) is 5.82 Å². The van der Waals surface area contributed by atoms with Crippen molar-refractivity contribution in [3.63, 3.8) is 0 Å². The zero-order valence-corrected chi connectivity index (χ0v) is 13.9. The number of nitrogens with zero attached hydrogens (tertiary/aromatic N) is 2. The number of hydrogen-bond acceptors (Lipinski definition) is 4. The quantitative estimate of drug-likeness (QED) is 0.797. The monoisotopic (exact) mass is 310 g/mol. The first-order valence-corrected chi connectivity index (χ1v) is 8.68. The molecule has 0 saturated heterocycles. The Morgan fingerprint density at radius 3 is 2.48 bits per heavy atom. The minimum Gasteiger partial charge on any atom is -0.367 e. The molecule has 0 atom stereocenters. The SMILES string of the molecule is Cc1ccc(CNc2nccc(NC3CCCCCC3)n2)cc1. The normalized spacial score (nSPS) is 15.9. The lowest BCUT2D eigenvalue weighted by Crippen LogP contribution is -2.19. The summed E-state index contributed by atoms with van der Waals surface area (Å²) in [5.74, 6) is 1.61. The summed E-state index contributed by atoms with van der Waals surface area (Å²) in [4.78, 5) is 8.92. The van der Waals surface area contributed by atoms with Gasteiger partial charge in [0.25, 0.3) is 0 Å². The molecular weight excluding hydrogens is 284 g/mol. The van der Waals surface area contributed by atoms with Crippen LogP contribution in [-0.4, -0.2) is 16.0 Å². The van der Waals surface area contributed by atoms with Crippen molar-refractivity contribution in [2.24, 2.45) is 0 Å². The number of aromatic nitrogens is 2. The van der Waals surface area contributed by atoms with Gasteiger partial charge in [-0.15, -0.1) is 0 Å². The Kier molecular flexibility index (Phi) is 5.46. The van der Waals surface area contributed by atoms with Crippen LogP contribution in [0, 0.1) is 6.92 Å². The van der Waals surface area contributed by atoms with Crippen LogP contribution in [0.2, 0.25) is 0 Å². The highest BCUT2D eigenvalue weighted by atomic mass is 15.1. The molecule has 1 aliphatic carbocycles. The van der Waals surface area contributed by atoms with Crippen molar-refractivity contribution >= 4 is 11.8 Å². The molecule has 0 bridgehead atoms. The number of benzene rings is 1. The number of hydrogen-bond donors (Lipinski definition) is 2. The molecule has 0 unspecified atom stereocenters. The van der Waals surface area contributed by atoms with Crippen molar-refractivity contribution in [3.05, 3.63) is 47.7 Å². The second-order valence-electron chi connectivity index (χ2n) is 6.44. The molecule has 4 nitrogen and oxygen atoms in total. The van der Waals surface area contributed by atoms with Gasteiger partial charge in [-0.05, 0) is 31.4 Å². The first kappa shape index (κ1) is 15.8. The fraction of sp³-hybridized carbons (Fsp3) is 0.474. The summed E-state index contributed by atoms with van der Waals surface area (Å²) in [7, 11) is 0. The van der Waals surface area contributed by atoms with Gasteiger partial charge in [0.2, 0.25) is 5.95 Å². The number of rotatable bonds is 5. The lowest BCUT2D eigenvalue weighted by molar-refractivity contribution is 0.617. The van der Waals surface area contributed by atoms with E-state index in [0.29, 0.717) is 12.0 Å². The van der Waals surface area contributed by atoms with Gasteiger partial charge in [0.05, 0.1) is 0 Å². The summed E-state index contributed by atoms with van der Waals surface area (Å²) >= 11 is 0. The van der Waals surface area contributed by atoms with Crippen LogP contribution in [0.4, 0.5) is 11.8 Å². The summed E-state index contributed by atoms with van der Waals surface area (Å²) in [5, 5.41) is 6.88. The van der Waals surface area contributed by atoms with Gasteiger partial charge >= 0.3 is 0 Å². The highest BCUT2D eigenvalue weighted by Crippen LogP contribution is 2.20. The molecular formula is C19H26N4. The Bertz CT molecular complexity index is 601. The van der Waals surface area contributed by atoms with E-state index in [-0.39, 0.29) is 0 Å². The summed E-state index contributed by atoms with van der Waals surface area (Å²) in [6.45, 7) is 2.84. The first-order chi connectivity index (χ1) is 11.3. The average molecular weight is 310 g/mol. The van der Waals surface area contributed by atoms with Gasteiger partial charge in [0.15, 0.2) is 0 Å². The predicted octanol–water partition coefficient (Wildman–Crippen LogP) is 4.53. The molecule has 2 aromatic rings. The van der Waals surface area contributed by atoms with E-state index in [1.165, 1.54) is 49.7 Å². The van der Waals surface area contributed by atoms with E-state index in [1.807, 2.05) is 12.3 Å². The van der Waals surface area contributed by atoms with E-state index in [0.717, 1.165) is 12.4 Å². The largest absolute Gasteiger partial charge is 0.367 e. The Hall–Kier alpha value is -2.10. The van der Waals surface area contributed by atoms with E-state index < -0.39 is 0 Å². The van der Waals surface area contributed by atoms with Gasteiger partial charge in [-0.1, -0.05) is 55.5 Å². The number of nitrogens with one attached hydrogen (secondary N) is 2. The Balaban J connectivity index is 1.57. The van der Waals surface area contributed by atoms with Gasteiger partial charge in [-0.25, -0.2) is 4.98 Å². The van der Waals surface area contributed by atoms with Gasteiger partial charge in [-0.3, -0.25) is 0 Å². The van der Waals surface area contributed by atoms with E-state index in [1.54, 1.807) is 0 Å². The Labute approximate surface area is 138 Å². The predicted molar refractivity (Wildman–Crippen MR) is 95.7 cm³/mol. The lowest BCUT2D eigenvalue weighted by Gasteiger charge is -2.17. The fourth-order valence-electron chi connectivity index (χ4n) is 3.04. The zero-order valence-electron chi connectivity index (χ0n) is 13.9. The minimum atomic E-state index is 0.553. The molecule has 0 radical (unpaired) electrons. The van der Waals surface area contributed by atoms with Crippen LogP contribution in [0.3, 0.4) is 0 Å². The van der Waals surface area contributed by atoms with Crippen molar-refractivity contribution in [2.75, 3.05) is 10.6 Å². The highest BCUT2D eigenvalue weighted by molar-refractivity contribution is 5.40. The molecule has 0 spiro atoms. The molecule has 122 valence electrons. The van der Waals surface area contributed by atoms with Gasteiger partial charge in [0, 0.05) is 18.8 Å². The maximum atomic E-state index is 4.60. The smallest absolute Gasteiger partial charge is 0.224 e. The molecule has 2 N–H and O–H groups in total. The van der Waals surface area contributed by atoms with Crippen LogP contribution >= 0.6 is 0 Å². The third kappa shape index (κ3) is 4.95. The molecule has 23 heavy (non-hydrogen) atoms. The number of anilines is 2. The van der Waals surface area contributed by atoms with Crippen LogP contribution in [0.1, 0.15) is 49.7 Å². The molecule has 1 aromatic heterocycles. The van der Waals surface area contributed by atoms with E-state index in [4.69, 9.17) is 0 Å². The number of aryl methyl sites for hydroxylation is 1. The van der Waals surface area contributed by atoms with Crippen LogP contribution in [0.15, 0.2) is 36.5 Å². The molecule has 0 aliphatic heterocycles. The van der Waals surface area contributed by atoms with Crippen molar-refractivity contribution < 1.29 is 0 Å². The van der Waals surface area contributed by atoms with Crippen LogP contribution in [0.5, 0.6) is 0 Å². The van der Waals surface area contributed by atoms with Gasteiger partial charge in [-0.2, -0.15) is 4.98 Å². The second kappa shape index (κ2) is 7.95. The van der Waals surface area contributed by atoms with E-state index >= 15 is 0 Å². The third-order valence-corrected chi connectivity index (χ3v) is 4.43. The topological polar surface area (TPSA) is 49.8 Å². The summed E-state index contributed by atoms with van der Waals surface area (Å²) in [6, 6.07) is 11.0. The summed E-state index contributed by atoms with van der Waals surface area (Å²) in [5.41, 5.74) is 2.51. The third-order valence-electron chi connectivity index (χ3n) is 4.43. The molecule has 0 amide bonds. The summed E-state index contributed by atoms with van der Waals surface area (Å²) in [6.07, 6.45) is 9.69. The van der Waals surface area contributed by atoms with E-state index in [9.17, 15) is 0 Å². The lowest BCUT2D eigenvalue weighted by atomic mass is 10.1. The van der Waals surface area contributed by atoms with Crippen molar-refractivity contribution in [2.45, 2.75) is 58.0 Å². The maximum absolute atomic E-state index is 4.60. The average Bonchev–Trinajstić information content (AvgIpc) is 2.83. The zero-order chi connectivity index (χ0) is 15.9. The Morgan fingerprint density at radius 1 is 1.00 bits per heavy atom.